The third kappa shape index (κ3) is 2.60. The van der Waals surface area contributed by atoms with Crippen LogP contribution in [0.2, 0.25) is 0 Å². The summed E-state index contributed by atoms with van der Waals surface area (Å²) < 4.78 is 0. The molecule has 0 spiro atoms. The van der Waals surface area contributed by atoms with Gasteiger partial charge in [-0.3, -0.25) is 14.9 Å². The monoisotopic (exact) mass is 198 g/mol. The van der Waals surface area contributed by atoms with Crippen LogP contribution in [0.4, 0.5) is 0 Å². The van der Waals surface area contributed by atoms with Crippen molar-refractivity contribution in [2.24, 2.45) is 0 Å². The maximum atomic E-state index is 10.7. The van der Waals surface area contributed by atoms with Gasteiger partial charge in [-0.2, -0.15) is 0 Å². The van der Waals surface area contributed by atoms with E-state index in [1.54, 1.807) is 18.3 Å². The number of nitrogens with one attached hydrogen (secondary N) is 2. The summed E-state index contributed by atoms with van der Waals surface area (Å²) in [5.74, 6) is -2.21. The molecule has 0 aliphatic rings. The van der Waals surface area contributed by atoms with Crippen molar-refractivity contribution in [1.29, 1.82) is 0 Å². The van der Waals surface area contributed by atoms with Gasteiger partial charge in [0.1, 0.15) is 6.04 Å². The molecule has 0 amide bonds. The summed E-state index contributed by atoms with van der Waals surface area (Å²) in [5, 5.41) is 19.5. The molecule has 0 aliphatic carbocycles. The lowest BCUT2D eigenvalue weighted by Crippen LogP contribution is -2.32. The molecule has 1 atom stereocenters. The Bertz CT molecular complexity index is 320. The van der Waals surface area contributed by atoms with Crippen molar-refractivity contribution in [2.45, 2.75) is 6.04 Å². The number of carboxylic acids is 2. The van der Waals surface area contributed by atoms with Gasteiger partial charge < -0.3 is 15.2 Å². The first kappa shape index (κ1) is 10.3. The van der Waals surface area contributed by atoms with E-state index in [4.69, 9.17) is 10.2 Å². The molecule has 0 radical (unpaired) electrons. The Labute approximate surface area is 79.6 Å². The van der Waals surface area contributed by atoms with Gasteiger partial charge in [0.05, 0.1) is 6.54 Å². The van der Waals surface area contributed by atoms with Crippen LogP contribution >= 0.6 is 0 Å². The Morgan fingerprint density at radius 2 is 2.21 bits per heavy atom. The number of carbonyl (C=O) groups is 2. The van der Waals surface area contributed by atoms with Crippen LogP contribution in [0, 0.1) is 0 Å². The van der Waals surface area contributed by atoms with Gasteiger partial charge in [0.2, 0.25) is 0 Å². The zero-order valence-electron chi connectivity index (χ0n) is 7.23. The van der Waals surface area contributed by atoms with Crippen LogP contribution in [0.15, 0.2) is 18.3 Å². The van der Waals surface area contributed by atoms with Crippen molar-refractivity contribution < 1.29 is 19.8 Å². The molecule has 1 heterocycles. The fraction of sp³-hybridized carbons (Fsp3) is 0.250. The molecule has 6 heteroatoms. The predicted octanol–water partition coefficient (Wildman–Crippen LogP) is -0.185. The molecule has 0 aromatic carbocycles. The Morgan fingerprint density at radius 3 is 2.64 bits per heavy atom. The van der Waals surface area contributed by atoms with Crippen molar-refractivity contribution in [3.05, 3.63) is 24.0 Å². The largest absolute Gasteiger partial charge is 0.480 e. The van der Waals surface area contributed by atoms with Crippen LogP contribution in [-0.4, -0.2) is 33.7 Å². The maximum absolute atomic E-state index is 10.7. The van der Waals surface area contributed by atoms with E-state index in [2.05, 4.69) is 10.3 Å². The highest BCUT2D eigenvalue weighted by Crippen LogP contribution is 2.09. The van der Waals surface area contributed by atoms with Gasteiger partial charge >= 0.3 is 11.9 Å². The number of hydrogen-bond donors (Lipinski definition) is 4. The van der Waals surface area contributed by atoms with Gasteiger partial charge in [-0.15, -0.1) is 0 Å². The van der Waals surface area contributed by atoms with Gasteiger partial charge in [-0.05, 0) is 12.1 Å². The first-order valence-corrected chi connectivity index (χ1v) is 3.92. The minimum Gasteiger partial charge on any atom is -0.480 e. The smallest absolute Gasteiger partial charge is 0.326 e. The third-order valence-corrected chi connectivity index (χ3v) is 1.64. The van der Waals surface area contributed by atoms with Crippen molar-refractivity contribution in [3.8, 4) is 0 Å². The Hall–Kier alpha value is -1.82. The second-order valence-corrected chi connectivity index (χ2v) is 2.67. The van der Waals surface area contributed by atoms with Crippen LogP contribution < -0.4 is 5.32 Å². The lowest BCUT2D eigenvalue weighted by atomic mass is 10.2. The average Bonchev–Trinajstić information content (AvgIpc) is 2.56. The molecule has 4 N–H and O–H groups in total. The molecule has 0 saturated heterocycles. The molecule has 0 fully saturated rings. The molecule has 14 heavy (non-hydrogen) atoms. The molecule has 0 saturated carbocycles. The molecule has 6 nitrogen and oxygen atoms in total. The molecular formula is C8H10N2O4. The van der Waals surface area contributed by atoms with Crippen molar-refractivity contribution in [3.63, 3.8) is 0 Å². The number of carboxylic acid groups (broad SMARTS) is 2. The SMILES string of the molecule is O=C(O)CNC(C(=O)O)c1ccc[nH]1. The van der Waals surface area contributed by atoms with E-state index in [-0.39, 0.29) is 0 Å². The second-order valence-electron chi connectivity index (χ2n) is 2.67. The van der Waals surface area contributed by atoms with E-state index in [1.807, 2.05) is 0 Å². The van der Waals surface area contributed by atoms with Crippen LogP contribution in [0.1, 0.15) is 11.7 Å². The molecule has 1 aromatic rings. The molecular weight excluding hydrogens is 188 g/mol. The normalized spacial score (nSPS) is 12.3. The van der Waals surface area contributed by atoms with Gasteiger partial charge in [0.15, 0.2) is 0 Å². The fourth-order valence-electron chi connectivity index (χ4n) is 1.04. The molecule has 76 valence electrons. The van der Waals surface area contributed by atoms with E-state index in [0.717, 1.165) is 0 Å². The molecule has 0 bridgehead atoms. The number of aliphatic carboxylic acids is 2. The van der Waals surface area contributed by atoms with E-state index < -0.39 is 24.5 Å². The lowest BCUT2D eigenvalue weighted by molar-refractivity contribution is -0.140. The second kappa shape index (κ2) is 4.43. The summed E-state index contributed by atoms with van der Waals surface area (Å²) in [4.78, 5) is 23.7. The van der Waals surface area contributed by atoms with E-state index in [0.29, 0.717) is 5.69 Å². The maximum Gasteiger partial charge on any atom is 0.326 e. The van der Waals surface area contributed by atoms with E-state index in [9.17, 15) is 9.59 Å². The molecule has 0 aliphatic heterocycles. The topological polar surface area (TPSA) is 102 Å². The summed E-state index contributed by atoms with van der Waals surface area (Å²) in [6.45, 7) is -0.393. The highest BCUT2D eigenvalue weighted by Gasteiger charge is 2.20. The quantitative estimate of drug-likeness (QED) is 0.525. The summed E-state index contributed by atoms with van der Waals surface area (Å²) >= 11 is 0. The van der Waals surface area contributed by atoms with Crippen LogP contribution in [-0.2, 0) is 9.59 Å². The highest BCUT2D eigenvalue weighted by atomic mass is 16.4. The van der Waals surface area contributed by atoms with E-state index in [1.165, 1.54) is 0 Å². The minimum absolute atomic E-state index is 0.393. The van der Waals surface area contributed by atoms with Crippen LogP contribution in [0.5, 0.6) is 0 Å². The van der Waals surface area contributed by atoms with Crippen LogP contribution in [0.25, 0.3) is 0 Å². The summed E-state index contributed by atoms with van der Waals surface area (Å²) in [6.07, 6.45) is 1.58. The highest BCUT2D eigenvalue weighted by molar-refractivity contribution is 5.76. The Kier molecular flexibility index (Phi) is 3.24. The predicted molar refractivity (Wildman–Crippen MR) is 46.8 cm³/mol. The van der Waals surface area contributed by atoms with Crippen molar-refractivity contribution >= 4 is 11.9 Å². The zero-order valence-corrected chi connectivity index (χ0v) is 7.23. The van der Waals surface area contributed by atoms with Gasteiger partial charge in [-0.25, -0.2) is 0 Å². The average molecular weight is 198 g/mol. The van der Waals surface area contributed by atoms with Crippen molar-refractivity contribution in [1.82, 2.24) is 10.3 Å². The Morgan fingerprint density at radius 1 is 1.50 bits per heavy atom. The standard InChI is InChI=1S/C8H10N2O4/c11-6(12)4-10-7(8(13)14)5-2-1-3-9-5/h1-3,7,9-10H,4H2,(H,11,12)(H,13,14). The summed E-state index contributed by atoms with van der Waals surface area (Å²) in [7, 11) is 0. The number of hydrogen-bond acceptors (Lipinski definition) is 3. The summed E-state index contributed by atoms with van der Waals surface area (Å²) in [5.41, 5.74) is 0.429. The number of H-pyrrole nitrogens is 1. The van der Waals surface area contributed by atoms with Crippen LogP contribution in [0.3, 0.4) is 0 Å². The number of rotatable bonds is 5. The summed E-state index contributed by atoms with van der Waals surface area (Å²) in [6, 6.07) is 2.21. The number of aromatic nitrogens is 1. The molecule has 1 aromatic heterocycles. The first-order chi connectivity index (χ1) is 6.61. The van der Waals surface area contributed by atoms with Crippen molar-refractivity contribution in [2.75, 3.05) is 6.54 Å². The van der Waals surface area contributed by atoms with E-state index >= 15 is 0 Å². The first-order valence-electron chi connectivity index (χ1n) is 3.92. The van der Waals surface area contributed by atoms with Gasteiger partial charge in [-0.1, -0.05) is 0 Å². The van der Waals surface area contributed by atoms with Gasteiger partial charge in [0, 0.05) is 11.9 Å². The minimum atomic E-state index is -1.12. The van der Waals surface area contributed by atoms with Gasteiger partial charge in [0.25, 0.3) is 0 Å². The number of aromatic amines is 1. The molecule has 1 rings (SSSR count). The zero-order chi connectivity index (χ0) is 10.6. The fourth-order valence-corrected chi connectivity index (χ4v) is 1.04. The Balaban J connectivity index is 2.66. The lowest BCUT2D eigenvalue weighted by Gasteiger charge is -2.10. The molecule has 1 unspecified atom stereocenters. The third-order valence-electron chi connectivity index (χ3n) is 1.64.